The molecular formula is C16H22ClN3S. The first-order valence-corrected chi connectivity index (χ1v) is 8.34. The Morgan fingerprint density at radius 2 is 2.05 bits per heavy atom. The Bertz CT molecular complexity index is 608. The van der Waals surface area contributed by atoms with Gasteiger partial charge in [0.15, 0.2) is 0 Å². The largest absolute Gasteiger partial charge is 0.312 e. The standard InChI is InChI=1S/C16H22ClN3S/c1-11(2)9-18-10-13-12(3)19-20(4)16(13)21-15-8-6-5-7-14(15)17/h5-8,11,18H,9-10H2,1-4H3. The van der Waals surface area contributed by atoms with E-state index in [9.17, 15) is 0 Å². The molecule has 0 bridgehead atoms. The third-order valence-corrected chi connectivity index (χ3v) is 4.91. The van der Waals surface area contributed by atoms with E-state index in [4.69, 9.17) is 11.6 Å². The number of nitrogens with one attached hydrogen (secondary N) is 1. The summed E-state index contributed by atoms with van der Waals surface area (Å²) in [5.74, 6) is 0.640. The summed E-state index contributed by atoms with van der Waals surface area (Å²) in [6, 6.07) is 7.92. The lowest BCUT2D eigenvalue weighted by molar-refractivity contribution is 0.548. The molecule has 0 saturated heterocycles. The summed E-state index contributed by atoms with van der Waals surface area (Å²) >= 11 is 7.94. The molecule has 0 spiro atoms. The van der Waals surface area contributed by atoms with Gasteiger partial charge in [-0.3, -0.25) is 4.68 Å². The Morgan fingerprint density at radius 1 is 1.33 bits per heavy atom. The summed E-state index contributed by atoms with van der Waals surface area (Å²) in [5, 5.41) is 9.97. The Labute approximate surface area is 136 Å². The van der Waals surface area contributed by atoms with Crippen LogP contribution in [0, 0.1) is 12.8 Å². The van der Waals surface area contributed by atoms with Gasteiger partial charge in [0, 0.05) is 24.1 Å². The van der Waals surface area contributed by atoms with Gasteiger partial charge in [0.2, 0.25) is 0 Å². The van der Waals surface area contributed by atoms with Crippen molar-refractivity contribution in [3.8, 4) is 0 Å². The monoisotopic (exact) mass is 323 g/mol. The van der Waals surface area contributed by atoms with Gasteiger partial charge in [-0.25, -0.2) is 0 Å². The van der Waals surface area contributed by atoms with Crippen LogP contribution >= 0.6 is 23.4 Å². The Balaban J connectivity index is 2.20. The average molecular weight is 324 g/mol. The van der Waals surface area contributed by atoms with Crippen LogP contribution in [0.15, 0.2) is 34.2 Å². The molecule has 0 aliphatic carbocycles. The first-order chi connectivity index (χ1) is 9.99. The van der Waals surface area contributed by atoms with Crippen molar-refractivity contribution in [3.63, 3.8) is 0 Å². The van der Waals surface area contributed by atoms with Gasteiger partial charge in [-0.05, 0) is 31.5 Å². The molecule has 1 aromatic heterocycles. The van der Waals surface area contributed by atoms with Gasteiger partial charge < -0.3 is 5.32 Å². The first kappa shape index (κ1) is 16.4. The lowest BCUT2D eigenvalue weighted by atomic mass is 10.2. The van der Waals surface area contributed by atoms with Crippen molar-refractivity contribution in [1.82, 2.24) is 15.1 Å². The number of aryl methyl sites for hydroxylation is 2. The molecule has 0 amide bonds. The molecule has 1 heterocycles. The van der Waals surface area contributed by atoms with Crippen LogP contribution < -0.4 is 5.32 Å². The van der Waals surface area contributed by atoms with Gasteiger partial charge in [-0.15, -0.1) is 0 Å². The van der Waals surface area contributed by atoms with E-state index in [-0.39, 0.29) is 0 Å². The molecule has 0 fully saturated rings. The van der Waals surface area contributed by atoms with E-state index in [0.29, 0.717) is 5.92 Å². The number of hydrogen-bond acceptors (Lipinski definition) is 3. The van der Waals surface area contributed by atoms with Gasteiger partial charge in [0.25, 0.3) is 0 Å². The maximum atomic E-state index is 6.27. The van der Waals surface area contributed by atoms with Crippen LogP contribution in [0.4, 0.5) is 0 Å². The maximum Gasteiger partial charge on any atom is 0.103 e. The maximum absolute atomic E-state index is 6.27. The summed E-state index contributed by atoms with van der Waals surface area (Å²) in [5.41, 5.74) is 2.33. The van der Waals surface area contributed by atoms with Crippen LogP contribution in [0.2, 0.25) is 5.02 Å². The summed E-state index contributed by atoms with van der Waals surface area (Å²) < 4.78 is 1.94. The molecule has 21 heavy (non-hydrogen) atoms. The fraction of sp³-hybridized carbons (Fsp3) is 0.438. The normalized spacial score (nSPS) is 11.3. The predicted molar refractivity (Wildman–Crippen MR) is 90.1 cm³/mol. The Kier molecular flexibility index (Phi) is 5.73. The van der Waals surface area contributed by atoms with E-state index in [1.807, 2.05) is 36.0 Å². The number of benzene rings is 1. The second-order valence-corrected chi connectivity index (χ2v) is 6.99. The quantitative estimate of drug-likeness (QED) is 0.860. The van der Waals surface area contributed by atoms with Crippen LogP contribution in [0.25, 0.3) is 0 Å². The highest BCUT2D eigenvalue weighted by Gasteiger charge is 2.15. The van der Waals surface area contributed by atoms with E-state index in [1.165, 1.54) is 5.56 Å². The molecule has 0 aliphatic rings. The highest BCUT2D eigenvalue weighted by molar-refractivity contribution is 7.99. The SMILES string of the molecule is Cc1nn(C)c(Sc2ccccc2Cl)c1CNCC(C)C. The average Bonchev–Trinajstić information content (AvgIpc) is 2.67. The van der Waals surface area contributed by atoms with E-state index in [1.54, 1.807) is 11.8 Å². The van der Waals surface area contributed by atoms with Gasteiger partial charge >= 0.3 is 0 Å². The minimum Gasteiger partial charge on any atom is -0.312 e. The summed E-state index contributed by atoms with van der Waals surface area (Å²) in [4.78, 5) is 1.06. The Morgan fingerprint density at radius 3 is 2.71 bits per heavy atom. The molecule has 1 aromatic carbocycles. The van der Waals surface area contributed by atoms with Gasteiger partial charge in [-0.2, -0.15) is 5.10 Å². The van der Waals surface area contributed by atoms with Crippen molar-refractivity contribution in [1.29, 1.82) is 0 Å². The molecule has 2 rings (SSSR count). The smallest absolute Gasteiger partial charge is 0.103 e. The molecular weight excluding hydrogens is 302 g/mol. The topological polar surface area (TPSA) is 29.9 Å². The molecule has 0 saturated carbocycles. The second-order valence-electron chi connectivity index (χ2n) is 5.55. The highest BCUT2D eigenvalue weighted by Crippen LogP contribution is 2.35. The van der Waals surface area contributed by atoms with Crippen molar-refractivity contribution < 1.29 is 0 Å². The summed E-state index contributed by atoms with van der Waals surface area (Å²) in [7, 11) is 1.98. The minimum atomic E-state index is 0.640. The van der Waals surface area contributed by atoms with E-state index < -0.39 is 0 Å². The zero-order valence-electron chi connectivity index (χ0n) is 13.0. The van der Waals surface area contributed by atoms with E-state index in [2.05, 4.69) is 31.2 Å². The van der Waals surface area contributed by atoms with E-state index >= 15 is 0 Å². The number of nitrogens with zero attached hydrogens (tertiary/aromatic N) is 2. The summed E-state index contributed by atoms with van der Waals surface area (Å²) in [6.45, 7) is 8.32. The van der Waals surface area contributed by atoms with Crippen molar-refractivity contribution >= 4 is 23.4 Å². The minimum absolute atomic E-state index is 0.640. The van der Waals surface area contributed by atoms with Gasteiger partial charge in [0.05, 0.1) is 10.7 Å². The third kappa shape index (κ3) is 4.25. The van der Waals surface area contributed by atoms with Crippen LogP contribution in [-0.4, -0.2) is 16.3 Å². The van der Waals surface area contributed by atoms with E-state index in [0.717, 1.165) is 33.7 Å². The van der Waals surface area contributed by atoms with Crippen LogP contribution in [0.3, 0.4) is 0 Å². The lowest BCUT2D eigenvalue weighted by Crippen LogP contribution is -2.19. The molecule has 0 aliphatic heterocycles. The highest BCUT2D eigenvalue weighted by atomic mass is 35.5. The number of aromatic nitrogens is 2. The van der Waals surface area contributed by atoms with Crippen molar-refractivity contribution in [2.24, 2.45) is 13.0 Å². The Hall–Kier alpha value is -0.970. The fourth-order valence-electron chi connectivity index (χ4n) is 2.13. The number of hydrogen-bond donors (Lipinski definition) is 1. The van der Waals surface area contributed by atoms with Crippen molar-refractivity contribution in [2.45, 2.75) is 37.2 Å². The predicted octanol–water partition coefficient (Wildman–Crippen LogP) is 4.28. The molecule has 1 N–H and O–H groups in total. The molecule has 0 unspecified atom stereocenters. The van der Waals surface area contributed by atoms with Crippen molar-refractivity contribution in [3.05, 3.63) is 40.5 Å². The van der Waals surface area contributed by atoms with Gasteiger partial charge in [-0.1, -0.05) is 49.3 Å². The number of rotatable bonds is 6. The van der Waals surface area contributed by atoms with Crippen LogP contribution in [-0.2, 0) is 13.6 Å². The fourth-order valence-corrected chi connectivity index (χ4v) is 3.42. The van der Waals surface area contributed by atoms with Gasteiger partial charge in [0.1, 0.15) is 5.03 Å². The molecule has 3 nitrogen and oxygen atoms in total. The zero-order chi connectivity index (χ0) is 15.4. The van der Waals surface area contributed by atoms with Crippen LogP contribution in [0.5, 0.6) is 0 Å². The summed E-state index contributed by atoms with van der Waals surface area (Å²) in [6.07, 6.45) is 0. The van der Waals surface area contributed by atoms with Crippen molar-refractivity contribution in [2.75, 3.05) is 6.54 Å². The zero-order valence-corrected chi connectivity index (χ0v) is 14.6. The lowest BCUT2D eigenvalue weighted by Gasteiger charge is -2.10. The third-order valence-electron chi connectivity index (χ3n) is 3.19. The second kappa shape index (κ2) is 7.34. The first-order valence-electron chi connectivity index (χ1n) is 7.14. The molecule has 0 radical (unpaired) electrons. The van der Waals surface area contributed by atoms with Crippen LogP contribution in [0.1, 0.15) is 25.1 Å². The molecule has 114 valence electrons. The molecule has 2 aromatic rings. The molecule has 5 heteroatoms. The number of halogens is 1. The molecule has 0 atom stereocenters.